The molecule has 1 fully saturated rings. The monoisotopic (exact) mass is 404 g/mol. The third-order valence-electron chi connectivity index (χ3n) is 6.27. The van der Waals surface area contributed by atoms with Crippen LogP contribution in [-0.2, 0) is 11.3 Å². The second-order valence-electron chi connectivity index (χ2n) is 8.17. The zero-order valence-electron chi connectivity index (χ0n) is 16.5. The minimum Gasteiger partial charge on any atom is -0.341 e. The van der Waals surface area contributed by atoms with Crippen molar-refractivity contribution < 1.29 is 4.79 Å². The molecule has 148 valence electrons. The predicted octanol–water partition coefficient (Wildman–Crippen LogP) is 3.98. The molecule has 0 spiro atoms. The molecule has 0 unspecified atom stereocenters. The molecule has 4 nitrogen and oxygen atoms in total. The van der Waals surface area contributed by atoms with Crippen molar-refractivity contribution in [1.82, 2.24) is 9.47 Å². The van der Waals surface area contributed by atoms with Crippen LogP contribution in [0.25, 0.3) is 21.9 Å². The van der Waals surface area contributed by atoms with Crippen molar-refractivity contribution in [2.75, 3.05) is 25.1 Å². The topological polar surface area (TPSA) is 42.3 Å². The van der Waals surface area contributed by atoms with Crippen LogP contribution in [0.2, 0.25) is 0 Å². The second-order valence-corrected chi connectivity index (χ2v) is 9.04. The van der Waals surface area contributed by atoms with Crippen molar-refractivity contribution in [2.45, 2.75) is 18.9 Å². The van der Waals surface area contributed by atoms with Gasteiger partial charge in [-0.05, 0) is 47.1 Å². The Morgan fingerprint density at radius 1 is 1.03 bits per heavy atom. The first-order valence-electron chi connectivity index (χ1n) is 10.1. The van der Waals surface area contributed by atoms with Gasteiger partial charge in [0, 0.05) is 42.9 Å². The summed E-state index contributed by atoms with van der Waals surface area (Å²) in [5.74, 6) is 1.31. The summed E-state index contributed by atoms with van der Waals surface area (Å²) < 4.78 is 1.97. The van der Waals surface area contributed by atoms with Gasteiger partial charge in [0.15, 0.2) is 0 Å². The fourth-order valence-corrected chi connectivity index (χ4v) is 5.46. The Bertz CT molecular complexity index is 1150. The van der Waals surface area contributed by atoms with Crippen LogP contribution in [0.1, 0.15) is 18.0 Å². The van der Waals surface area contributed by atoms with Gasteiger partial charge in [-0.15, -0.1) is 0 Å². The highest BCUT2D eigenvalue weighted by Gasteiger charge is 2.37. The number of aromatic nitrogens is 1. The molecule has 2 aliphatic heterocycles. The molecule has 3 aromatic rings. The molecule has 2 bridgehead atoms. The summed E-state index contributed by atoms with van der Waals surface area (Å²) in [6, 6.07) is 18.5. The number of thioether (sulfide) groups is 1. The molecule has 0 saturated carbocycles. The lowest BCUT2D eigenvalue weighted by atomic mass is 9.80. The number of hydrogen-bond donors (Lipinski definition) is 0. The lowest BCUT2D eigenvalue weighted by Gasteiger charge is -2.43. The number of piperidine rings is 1. The van der Waals surface area contributed by atoms with Gasteiger partial charge in [0.05, 0.1) is 5.75 Å². The molecule has 0 aliphatic carbocycles. The van der Waals surface area contributed by atoms with Crippen LogP contribution in [-0.4, -0.2) is 40.5 Å². The normalized spacial score (nSPS) is 20.5. The van der Waals surface area contributed by atoms with Gasteiger partial charge in [0.2, 0.25) is 5.91 Å². The van der Waals surface area contributed by atoms with Gasteiger partial charge >= 0.3 is 0 Å². The summed E-state index contributed by atoms with van der Waals surface area (Å²) in [6.45, 7) is 2.18. The number of fused-ring (bicyclic) bond motifs is 5. The summed E-state index contributed by atoms with van der Waals surface area (Å²) >= 11 is 1.57. The third-order valence-corrected chi connectivity index (χ3v) is 6.81. The molecule has 2 atom stereocenters. The van der Waals surface area contributed by atoms with Crippen LogP contribution in [0, 0.1) is 5.92 Å². The fraction of sp³-hybridized carbons (Fsp3) is 0.333. The number of carbonyl (C=O) groups excluding carboxylic acids is 1. The summed E-state index contributed by atoms with van der Waals surface area (Å²) in [6.07, 6.45) is 3.02. The maximum Gasteiger partial charge on any atom is 0.250 e. The van der Waals surface area contributed by atoms with E-state index >= 15 is 0 Å². The van der Waals surface area contributed by atoms with Crippen LogP contribution in [0.5, 0.6) is 0 Å². The van der Waals surface area contributed by atoms with Crippen molar-refractivity contribution in [3.05, 3.63) is 70.6 Å². The van der Waals surface area contributed by atoms with Crippen molar-refractivity contribution in [1.29, 1.82) is 0 Å². The summed E-state index contributed by atoms with van der Waals surface area (Å²) in [5.41, 5.74) is 3.44. The van der Waals surface area contributed by atoms with E-state index in [0.717, 1.165) is 29.8 Å². The molecule has 1 saturated heterocycles. The second kappa shape index (κ2) is 7.38. The lowest BCUT2D eigenvalue weighted by Crippen LogP contribution is -2.49. The molecule has 1 amide bonds. The number of nitrogens with zero attached hydrogens (tertiary/aromatic N) is 2. The Balaban J connectivity index is 1.60. The van der Waals surface area contributed by atoms with Crippen LogP contribution >= 0.6 is 11.8 Å². The SMILES string of the molecule is CSCC(=O)N1C[C@H]2C[C@H](C1)c1c(-c3ccc4ccccc4c3)ccc(=O)n1C2. The molecule has 0 N–H and O–H groups in total. The summed E-state index contributed by atoms with van der Waals surface area (Å²) in [5, 5.41) is 2.41. The first kappa shape index (κ1) is 18.5. The van der Waals surface area contributed by atoms with E-state index in [2.05, 4.69) is 36.4 Å². The number of hydrogen-bond acceptors (Lipinski definition) is 3. The van der Waals surface area contributed by atoms with Gasteiger partial charge in [-0.25, -0.2) is 0 Å². The lowest BCUT2D eigenvalue weighted by molar-refractivity contribution is -0.131. The highest BCUT2D eigenvalue weighted by atomic mass is 32.2. The maximum atomic E-state index is 12.7. The van der Waals surface area contributed by atoms with Crippen LogP contribution in [0.3, 0.4) is 0 Å². The van der Waals surface area contributed by atoms with Gasteiger partial charge in [-0.2, -0.15) is 11.8 Å². The molecule has 5 heteroatoms. The highest BCUT2D eigenvalue weighted by Crippen LogP contribution is 2.40. The van der Waals surface area contributed by atoms with E-state index < -0.39 is 0 Å². The summed E-state index contributed by atoms with van der Waals surface area (Å²) in [4.78, 5) is 27.2. The number of pyridine rings is 1. The smallest absolute Gasteiger partial charge is 0.250 e. The van der Waals surface area contributed by atoms with Crippen molar-refractivity contribution >= 4 is 28.4 Å². The molecular weight excluding hydrogens is 380 g/mol. The van der Waals surface area contributed by atoms with Gasteiger partial charge in [0.25, 0.3) is 5.56 Å². The standard InChI is InChI=1S/C24H24N2O2S/c1-29-15-23(28)25-12-16-10-20(14-25)24-21(8-9-22(27)26(24)13-16)19-7-6-17-4-2-3-5-18(17)11-19/h2-9,11,16,20H,10,12-15H2,1H3/t16-,20-/m1/s1. The van der Waals surface area contributed by atoms with Crippen LogP contribution in [0.15, 0.2) is 59.4 Å². The first-order chi connectivity index (χ1) is 14.1. The quantitative estimate of drug-likeness (QED) is 0.663. The number of amides is 1. The molecule has 2 aliphatic rings. The summed E-state index contributed by atoms with van der Waals surface area (Å²) in [7, 11) is 0. The molecule has 3 heterocycles. The molecule has 29 heavy (non-hydrogen) atoms. The third kappa shape index (κ3) is 3.27. The van der Waals surface area contributed by atoms with E-state index in [1.165, 1.54) is 10.8 Å². The Kier molecular flexibility index (Phi) is 4.70. The molecular formula is C24H24N2O2S. The van der Waals surface area contributed by atoms with Crippen molar-refractivity contribution in [3.63, 3.8) is 0 Å². The minimum absolute atomic E-state index is 0.0723. The molecule has 2 aromatic carbocycles. The van der Waals surface area contributed by atoms with E-state index in [9.17, 15) is 9.59 Å². The van der Waals surface area contributed by atoms with E-state index in [1.54, 1.807) is 17.8 Å². The van der Waals surface area contributed by atoms with Crippen molar-refractivity contribution in [3.8, 4) is 11.1 Å². The van der Waals surface area contributed by atoms with E-state index in [-0.39, 0.29) is 17.4 Å². The van der Waals surface area contributed by atoms with Crippen LogP contribution < -0.4 is 5.56 Å². The maximum absolute atomic E-state index is 12.7. The fourth-order valence-electron chi connectivity index (χ4n) is 5.03. The largest absolute Gasteiger partial charge is 0.341 e. The Labute approximate surface area is 174 Å². The van der Waals surface area contributed by atoms with Crippen molar-refractivity contribution in [2.24, 2.45) is 5.92 Å². The van der Waals surface area contributed by atoms with Gasteiger partial charge < -0.3 is 9.47 Å². The van der Waals surface area contributed by atoms with Gasteiger partial charge in [-0.1, -0.05) is 36.4 Å². The average molecular weight is 405 g/mol. The van der Waals surface area contributed by atoms with Gasteiger partial charge in [0.1, 0.15) is 0 Å². The molecule has 0 radical (unpaired) electrons. The number of rotatable bonds is 3. The van der Waals surface area contributed by atoms with Crippen LogP contribution in [0.4, 0.5) is 0 Å². The number of likely N-dealkylation sites (tertiary alicyclic amines) is 1. The Morgan fingerprint density at radius 3 is 2.69 bits per heavy atom. The average Bonchev–Trinajstić information content (AvgIpc) is 2.74. The zero-order chi connectivity index (χ0) is 20.0. The molecule has 1 aromatic heterocycles. The molecule has 5 rings (SSSR count). The van der Waals surface area contributed by atoms with E-state index in [1.807, 2.05) is 27.9 Å². The van der Waals surface area contributed by atoms with E-state index in [0.29, 0.717) is 24.8 Å². The Hall–Kier alpha value is -2.53. The predicted molar refractivity (Wildman–Crippen MR) is 119 cm³/mol. The highest BCUT2D eigenvalue weighted by molar-refractivity contribution is 7.99. The number of carbonyl (C=O) groups is 1. The minimum atomic E-state index is 0.0723. The Morgan fingerprint density at radius 2 is 1.86 bits per heavy atom. The number of benzene rings is 2. The first-order valence-corrected chi connectivity index (χ1v) is 11.5. The zero-order valence-corrected chi connectivity index (χ0v) is 17.3. The van der Waals surface area contributed by atoms with Gasteiger partial charge in [-0.3, -0.25) is 9.59 Å². The van der Waals surface area contributed by atoms with E-state index in [4.69, 9.17) is 0 Å².